The molecule has 11 heteroatoms. The minimum atomic E-state index is -3.43. The first-order chi connectivity index (χ1) is 15.5. The normalized spacial score (nSPS) is 33.8. The smallest absolute Gasteiger partial charge is 0.410 e. The zero-order valence-electron chi connectivity index (χ0n) is 19.5. The van der Waals surface area contributed by atoms with Crippen LogP contribution >= 0.6 is 11.6 Å². The van der Waals surface area contributed by atoms with Crippen LogP contribution < -0.4 is 4.72 Å². The summed E-state index contributed by atoms with van der Waals surface area (Å²) in [6.07, 6.45) is 8.05. The lowest BCUT2D eigenvalue weighted by Gasteiger charge is -2.33. The Labute approximate surface area is 200 Å². The molecular weight excluding hydrogens is 468 g/mol. The largest absolute Gasteiger partial charge is 0.447 e. The van der Waals surface area contributed by atoms with Gasteiger partial charge in [-0.2, -0.15) is 0 Å². The van der Waals surface area contributed by atoms with Crippen LogP contribution in [0.5, 0.6) is 0 Å². The fourth-order valence-corrected chi connectivity index (χ4v) is 6.43. The van der Waals surface area contributed by atoms with Crippen molar-refractivity contribution in [1.29, 1.82) is 0 Å². The molecule has 9 nitrogen and oxygen atoms in total. The minimum Gasteiger partial charge on any atom is -0.447 e. The third-order valence-electron chi connectivity index (χ3n) is 7.06. The number of halogens is 1. The van der Waals surface area contributed by atoms with Crippen molar-refractivity contribution in [2.24, 2.45) is 5.92 Å². The molecule has 2 aliphatic carbocycles. The predicted octanol–water partition coefficient (Wildman–Crippen LogP) is 2.88. The Balaban J connectivity index is 1.40. The number of carbonyl (C=O) groups is 1. The molecule has 0 aromatic carbocycles. The molecule has 2 heterocycles. The van der Waals surface area contributed by atoms with Crippen molar-refractivity contribution in [3.63, 3.8) is 0 Å². The number of hydrogen-bond donors (Lipinski definition) is 1. The van der Waals surface area contributed by atoms with Crippen molar-refractivity contribution in [2.45, 2.75) is 88.6 Å². The number of nitrogens with one attached hydrogen (secondary N) is 1. The van der Waals surface area contributed by atoms with Gasteiger partial charge in [-0.3, -0.25) is 4.90 Å². The van der Waals surface area contributed by atoms with E-state index < -0.39 is 28.2 Å². The molecule has 2 saturated carbocycles. The number of hydrogen-bond acceptors (Lipinski definition) is 7. The van der Waals surface area contributed by atoms with E-state index in [9.17, 15) is 13.2 Å². The van der Waals surface area contributed by atoms with E-state index in [1.807, 2.05) is 6.92 Å². The van der Waals surface area contributed by atoms with E-state index in [1.54, 1.807) is 31.1 Å². The second-order valence-electron chi connectivity index (χ2n) is 10.0. The lowest BCUT2D eigenvalue weighted by molar-refractivity contribution is -0.0147. The average Bonchev–Trinajstić information content (AvgIpc) is 3.36. The molecule has 1 amide bonds. The molecule has 33 heavy (non-hydrogen) atoms. The molecule has 1 aliphatic heterocycles. The van der Waals surface area contributed by atoms with Crippen molar-refractivity contribution in [1.82, 2.24) is 19.6 Å². The van der Waals surface area contributed by atoms with Crippen molar-refractivity contribution >= 4 is 27.7 Å². The molecule has 184 valence electrons. The Morgan fingerprint density at radius 1 is 1.33 bits per heavy atom. The van der Waals surface area contributed by atoms with Gasteiger partial charge in [0.15, 0.2) is 0 Å². The van der Waals surface area contributed by atoms with Crippen molar-refractivity contribution in [2.75, 3.05) is 12.9 Å². The van der Waals surface area contributed by atoms with Crippen molar-refractivity contribution in [3.8, 4) is 0 Å². The van der Waals surface area contributed by atoms with Gasteiger partial charge in [0.2, 0.25) is 10.0 Å². The first kappa shape index (κ1) is 24.6. The fourth-order valence-electron chi connectivity index (χ4n) is 5.53. The summed E-state index contributed by atoms with van der Waals surface area (Å²) in [4.78, 5) is 23.3. The van der Waals surface area contributed by atoms with Crippen LogP contribution in [0, 0.1) is 5.92 Å². The van der Waals surface area contributed by atoms with Gasteiger partial charge in [0.25, 0.3) is 0 Å². The highest BCUT2D eigenvalue weighted by atomic mass is 35.5. The standard InChI is InChI=1S/C22H33ClN4O5S/c1-13(2)32-21(28)27-14(3)7-18(26-33(4,29)30)19(27)12-31-17-5-6-22(9-15(22)8-17)20-24-10-16(23)11-25-20/h10-11,13-15,17-19,26H,5-9,12H2,1-4H3/t14-,15?,17?,18+,19+,22?/m1/s1. The second-order valence-corrected chi connectivity index (χ2v) is 12.2. The zero-order chi connectivity index (χ0) is 24.0. The Morgan fingerprint density at radius 3 is 2.64 bits per heavy atom. The molecule has 1 aromatic rings. The second kappa shape index (κ2) is 9.28. The van der Waals surface area contributed by atoms with Gasteiger partial charge in [0.1, 0.15) is 5.82 Å². The van der Waals surface area contributed by atoms with Crippen LogP contribution in [0.2, 0.25) is 5.02 Å². The molecule has 0 spiro atoms. The minimum absolute atomic E-state index is 0.0276. The van der Waals surface area contributed by atoms with E-state index in [-0.39, 0.29) is 30.3 Å². The molecule has 3 unspecified atom stereocenters. The van der Waals surface area contributed by atoms with Crippen LogP contribution in [0.25, 0.3) is 0 Å². The number of carbonyl (C=O) groups excluding carboxylic acids is 1. The van der Waals surface area contributed by atoms with Crippen molar-refractivity contribution in [3.05, 3.63) is 23.2 Å². The molecule has 0 radical (unpaired) electrons. The molecule has 1 aromatic heterocycles. The van der Waals surface area contributed by atoms with E-state index in [2.05, 4.69) is 14.7 Å². The highest BCUT2D eigenvalue weighted by Gasteiger charge is 2.60. The van der Waals surface area contributed by atoms with Gasteiger partial charge >= 0.3 is 6.09 Å². The maximum Gasteiger partial charge on any atom is 0.410 e. The number of amides is 1. The number of sulfonamides is 1. The zero-order valence-corrected chi connectivity index (χ0v) is 21.1. The molecular formula is C22H33ClN4O5S. The predicted molar refractivity (Wildman–Crippen MR) is 124 cm³/mol. The number of rotatable bonds is 7. The molecule has 3 aliphatic rings. The van der Waals surface area contributed by atoms with Gasteiger partial charge in [0.05, 0.1) is 36.1 Å². The summed E-state index contributed by atoms with van der Waals surface area (Å²) in [5.74, 6) is 1.33. The van der Waals surface area contributed by atoms with Gasteiger partial charge in [-0.15, -0.1) is 0 Å². The topological polar surface area (TPSA) is 111 Å². The molecule has 3 fully saturated rings. The van der Waals surface area contributed by atoms with E-state index in [1.165, 1.54) is 0 Å². The highest BCUT2D eigenvalue weighted by molar-refractivity contribution is 7.88. The Bertz CT molecular complexity index is 976. The number of ether oxygens (including phenoxy) is 2. The summed E-state index contributed by atoms with van der Waals surface area (Å²) in [5.41, 5.74) is 0.0276. The van der Waals surface area contributed by atoms with Gasteiger partial charge in [0, 0.05) is 29.9 Å². The van der Waals surface area contributed by atoms with Crippen LogP contribution in [0.1, 0.15) is 58.7 Å². The molecule has 1 saturated heterocycles. The van der Waals surface area contributed by atoms with Crippen LogP contribution in [-0.2, 0) is 24.9 Å². The Morgan fingerprint density at radius 2 is 2.03 bits per heavy atom. The van der Waals surface area contributed by atoms with Crippen LogP contribution in [0.4, 0.5) is 4.79 Å². The summed E-state index contributed by atoms with van der Waals surface area (Å²) in [6, 6.07) is -0.999. The van der Waals surface area contributed by atoms with Gasteiger partial charge in [-0.25, -0.2) is 27.9 Å². The lowest BCUT2D eigenvalue weighted by Crippen LogP contribution is -2.50. The highest BCUT2D eigenvalue weighted by Crippen LogP contribution is 2.61. The SMILES string of the molecule is CC(C)OC(=O)N1[C@H](C)C[C@H](NS(C)(=O)=O)[C@@H]1COC1CCC2(c3ncc(Cl)cn3)CC2C1. The van der Waals surface area contributed by atoms with E-state index >= 15 is 0 Å². The summed E-state index contributed by atoms with van der Waals surface area (Å²) in [7, 11) is -3.43. The number of aromatic nitrogens is 2. The van der Waals surface area contributed by atoms with Crippen LogP contribution in [0.15, 0.2) is 12.4 Å². The Hall–Kier alpha value is -1.49. The van der Waals surface area contributed by atoms with Gasteiger partial charge in [-0.05, 0) is 58.8 Å². The maximum absolute atomic E-state index is 12.8. The van der Waals surface area contributed by atoms with Crippen LogP contribution in [0.3, 0.4) is 0 Å². The van der Waals surface area contributed by atoms with Gasteiger partial charge < -0.3 is 9.47 Å². The molecule has 6 atom stereocenters. The number of likely N-dealkylation sites (tertiary alicyclic amines) is 1. The van der Waals surface area contributed by atoms with Crippen molar-refractivity contribution < 1.29 is 22.7 Å². The fraction of sp³-hybridized carbons (Fsp3) is 0.773. The lowest BCUT2D eigenvalue weighted by atomic mass is 9.86. The average molecular weight is 501 g/mol. The summed E-state index contributed by atoms with van der Waals surface area (Å²) in [6.45, 7) is 5.76. The summed E-state index contributed by atoms with van der Waals surface area (Å²) in [5, 5.41) is 0.535. The quantitative estimate of drug-likeness (QED) is 0.612. The monoisotopic (exact) mass is 500 g/mol. The van der Waals surface area contributed by atoms with E-state index in [0.717, 1.165) is 37.8 Å². The Kier molecular flexibility index (Phi) is 6.93. The third-order valence-corrected chi connectivity index (χ3v) is 7.99. The molecule has 0 bridgehead atoms. The van der Waals surface area contributed by atoms with E-state index in [4.69, 9.17) is 21.1 Å². The first-order valence-electron chi connectivity index (χ1n) is 11.5. The number of fused-ring (bicyclic) bond motifs is 1. The molecule has 1 N–H and O–H groups in total. The van der Waals surface area contributed by atoms with Gasteiger partial charge in [-0.1, -0.05) is 11.6 Å². The maximum atomic E-state index is 12.8. The molecule has 4 rings (SSSR count). The first-order valence-corrected chi connectivity index (χ1v) is 13.8. The summed E-state index contributed by atoms with van der Waals surface area (Å²) >= 11 is 5.94. The van der Waals surface area contributed by atoms with E-state index in [0.29, 0.717) is 17.4 Å². The number of nitrogens with zero attached hydrogens (tertiary/aromatic N) is 3. The van der Waals surface area contributed by atoms with Crippen LogP contribution in [-0.4, -0.2) is 72.6 Å². The third kappa shape index (κ3) is 5.44. The summed E-state index contributed by atoms with van der Waals surface area (Å²) < 4.78 is 38.3.